The summed E-state index contributed by atoms with van der Waals surface area (Å²) in [7, 11) is -0.907. The van der Waals surface area contributed by atoms with Crippen molar-refractivity contribution in [3.8, 4) is 11.5 Å². The van der Waals surface area contributed by atoms with E-state index >= 15 is 0 Å². The molecule has 0 fully saturated rings. The second kappa shape index (κ2) is 8.15. The van der Waals surface area contributed by atoms with E-state index in [0.717, 1.165) is 0 Å². The molecule has 0 saturated heterocycles. The summed E-state index contributed by atoms with van der Waals surface area (Å²) in [4.78, 5) is 0. The van der Waals surface area contributed by atoms with E-state index in [1.807, 2.05) is 0 Å². The van der Waals surface area contributed by atoms with Gasteiger partial charge in [-0.05, 0) is 48.5 Å². The molecule has 0 aliphatic heterocycles. The smallest absolute Gasteiger partial charge is 0.501 e. The topological polar surface area (TPSA) is 53.7 Å². The van der Waals surface area contributed by atoms with Crippen LogP contribution in [-0.2, 0) is 4.65 Å². The zero-order valence-electron chi connectivity index (χ0n) is 11.2. The first-order valence-electron chi connectivity index (χ1n) is 6.33. The van der Waals surface area contributed by atoms with E-state index in [1.165, 1.54) is 0 Å². The molecule has 2 aromatic rings. The van der Waals surface area contributed by atoms with Gasteiger partial charge in [-0.2, -0.15) is 0 Å². The number of hydrogen-bond acceptors (Lipinski definition) is 4. The van der Waals surface area contributed by atoms with Crippen molar-refractivity contribution in [1.82, 2.24) is 0 Å². The minimum Gasteiger partial charge on any atom is -0.501 e. The van der Waals surface area contributed by atoms with Crippen LogP contribution in [0.15, 0.2) is 48.5 Å². The summed E-state index contributed by atoms with van der Waals surface area (Å²) in [6, 6.07) is 13.8. The fourth-order valence-corrected chi connectivity index (χ4v) is 1.76. The Kier molecular flexibility index (Phi) is 6.20. The highest BCUT2D eigenvalue weighted by atomic mass is 35.5. The zero-order chi connectivity index (χ0) is 15.1. The van der Waals surface area contributed by atoms with Crippen LogP contribution < -0.4 is 15.0 Å². The Morgan fingerprint density at radius 3 is 1.62 bits per heavy atom. The minimum absolute atomic E-state index is 0.311. The van der Waals surface area contributed by atoms with E-state index in [2.05, 4.69) is 0 Å². The standard InChI is InChI=1S/C14H14BCl2NO3/c16-11-1-5-13(6-2-11)20-15(19-10-9-18)21-14-7-3-12(17)4-8-14/h1-8H,9-10,18H2. The molecule has 0 amide bonds. The van der Waals surface area contributed by atoms with Crippen molar-refractivity contribution in [1.29, 1.82) is 0 Å². The van der Waals surface area contributed by atoms with Gasteiger partial charge in [0.2, 0.25) is 0 Å². The lowest BCUT2D eigenvalue weighted by Crippen LogP contribution is -2.35. The Morgan fingerprint density at radius 2 is 1.24 bits per heavy atom. The molecule has 21 heavy (non-hydrogen) atoms. The highest BCUT2D eigenvalue weighted by Crippen LogP contribution is 2.19. The average Bonchev–Trinajstić information content (AvgIpc) is 2.49. The third kappa shape index (κ3) is 5.48. The van der Waals surface area contributed by atoms with Crippen LogP contribution in [0, 0.1) is 0 Å². The molecule has 0 radical (unpaired) electrons. The van der Waals surface area contributed by atoms with Crippen molar-refractivity contribution in [2.75, 3.05) is 13.2 Å². The Labute approximate surface area is 133 Å². The van der Waals surface area contributed by atoms with Gasteiger partial charge in [-0.1, -0.05) is 23.2 Å². The van der Waals surface area contributed by atoms with Crippen LogP contribution in [0.2, 0.25) is 10.0 Å². The maximum absolute atomic E-state index is 5.83. The molecule has 0 aliphatic carbocycles. The maximum atomic E-state index is 5.83. The van der Waals surface area contributed by atoms with Crippen molar-refractivity contribution < 1.29 is 14.0 Å². The minimum atomic E-state index is -0.907. The van der Waals surface area contributed by atoms with Crippen molar-refractivity contribution in [3.63, 3.8) is 0 Å². The van der Waals surface area contributed by atoms with Crippen molar-refractivity contribution in [2.24, 2.45) is 5.73 Å². The largest absolute Gasteiger partial charge is 0.788 e. The summed E-state index contributed by atoms with van der Waals surface area (Å²) in [5.41, 5.74) is 5.43. The van der Waals surface area contributed by atoms with E-state index < -0.39 is 7.32 Å². The van der Waals surface area contributed by atoms with Crippen molar-refractivity contribution >= 4 is 30.5 Å². The predicted molar refractivity (Wildman–Crippen MR) is 84.9 cm³/mol. The third-order valence-electron chi connectivity index (χ3n) is 2.46. The summed E-state index contributed by atoms with van der Waals surface area (Å²) in [5.74, 6) is 1.16. The molecule has 0 aliphatic rings. The second-order valence-electron chi connectivity index (χ2n) is 4.09. The number of hydrogen-bond donors (Lipinski definition) is 1. The normalized spacial score (nSPS) is 10.2. The van der Waals surface area contributed by atoms with Gasteiger partial charge in [0.1, 0.15) is 11.5 Å². The van der Waals surface area contributed by atoms with Crippen molar-refractivity contribution in [2.45, 2.75) is 0 Å². The summed E-state index contributed by atoms with van der Waals surface area (Å²) in [6.07, 6.45) is 0. The monoisotopic (exact) mass is 325 g/mol. The van der Waals surface area contributed by atoms with Gasteiger partial charge in [-0.15, -0.1) is 0 Å². The van der Waals surface area contributed by atoms with Crippen LogP contribution in [0.4, 0.5) is 0 Å². The first kappa shape index (κ1) is 16.0. The third-order valence-corrected chi connectivity index (χ3v) is 2.97. The number of benzene rings is 2. The number of halogens is 2. The Bertz CT molecular complexity index is 504. The summed E-state index contributed by atoms with van der Waals surface area (Å²) in [5, 5.41) is 1.25. The molecule has 2 aromatic carbocycles. The molecular weight excluding hydrogens is 312 g/mol. The molecule has 2 rings (SSSR count). The van der Waals surface area contributed by atoms with Crippen LogP contribution in [0.1, 0.15) is 0 Å². The molecule has 0 bridgehead atoms. The molecule has 4 nitrogen and oxygen atoms in total. The van der Waals surface area contributed by atoms with Gasteiger partial charge in [0, 0.05) is 23.2 Å². The van der Waals surface area contributed by atoms with Crippen LogP contribution in [0.5, 0.6) is 11.5 Å². The lowest BCUT2D eigenvalue weighted by Gasteiger charge is -2.15. The molecule has 0 aromatic heterocycles. The van der Waals surface area contributed by atoms with Crippen LogP contribution in [-0.4, -0.2) is 20.5 Å². The first-order valence-corrected chi connectivity index (χ1v) is 7.09. The molecule has 2 N–H and O–H groups in total. The SMILES string of the molecule is NCCOB(Oc1ccc(Cl)cc1)Oc1ccc(Cl)cc1. The van der Waals surface area contributed by atoms with E-state index in [4.69, 9.17) is 42.9 Å². The van der Waals surface area contributed by atoms with Gasteiger partial charge in [-0.3, -0.25) is 0 Å². The predicted octanol–water partition coefficient (Wildman–Crippen LogP) is 3.41. The number of nitrogens with two attached hydrogens (primary N) is 1. The van der Waals surface area contributed by atoms with Crippen molar-refractivity contribution in [3.05, 3.63) is 58.6 Å². The second-order valence-corrected chi connectivity index (χ2v) is 4.96. The average molecular weight is 326 g/mol. The van der Waals surface area contributed by atoms with Gasteiger partial charge in [-0.25, -0.2) is 0 Å². The van der Waals surface area contributed by atoms with Crippen LogP contribution in [0.3, 0.4) is 0 Å². The Hall–Kier alpha value is -1.40. The lowest BCUT2D eigenvalue weighted by atomic mass is 10.2. The molecule has 0 spiro atoms. The first-order chi connectivity index (χ1) is 10.2. The van der Waals surface area contributed by atoms with Crippen LogP contribution in [0.25, 0.3) is 0 Å². The van der Waals surface area contributed by atoms with Crippen LogP contribution >= 0.6 is 23.2 Å². The Balaban J connectivity index is 2.02. The molecule has 7 heteroatoms. The summed E-state index contributed by atoms with van der Waals surface area (Å²) < 4.78 is 16.7. The van der Waals surface area contributed by atoms with Gasteiger partial charge < -0.3 is 19.7 Å². The van der Waals surface area contributed by atoms with Gasteiger partial charge in [0.15, 0.2) is 0 Å². The molecular formula is C14H14BCl2NO3. The molecule has 0 unspecified atom stereocenters. The highest BCUT2D eigenvalue weighted by Gasteiger charge is 2.26. The molecule has 0 saturated carbocycles. The lowest BCUT2D eigenvalue weighted by molar-refractivity contribution is 0.207. The fraction of sp³-hybridized carbons (Fsp3) is 0.143. The fourth-order valence-electron chi connectivity index (χ4n) is 1.50. The van der Waals surface area contributed by atoms with Gasteiger partial charge in [0.05, 0.1) is 0 Å². The van der Waals surface area contributed by atoms with E-state index in [-0.39, 0.29) is 0 Å². The molecule has 0 heterocycles. The maximum Gasteiger partial charge on any atom is 0.788 e. The summed E-state index contributed by atoms with van der Waals surface area (Å²) >= 11 is 11.7. The van der Waals surface area contributed by atoms with Gasteiger partial charge in [0.25, 0.3) is 0 Å². The Morgan fingerprint density at radius 1 is 0.810 bits per heavy atom. The molecule has 110 valence electrons. The summed E-state index contributed by atoms with van der Waals surface area (Å²) in [6.45, 7) is 0.677. The quantitative estimate of drug-likeness (QED) is 0.792. The molecule has 0 atom stereocenters. The zero-order valence-corrected chi connectivity index (χ0v) is 12.7. The van der Waals surface area contributed by atoms with E-state index in [1.54, 1.807) is 48.5 Å². The highest BCUT2D eigenvalue weighted by molar-refractivity contribution is 6.38. The van der Waals surface area contributed by atoms with E-state index in [9.17, 15) is 0 Å². The van der Waals surface area contributed by atoms with E-state index in [0.29, 0.717) is 34.7 Å². The van der Waals surface area contributed by atoms with Gasteiger partial charge >= 0.3 is 7.32 Å². The number of rotatable bonds is 7.